The van der Waals surface area contributed by atoms with Crippen LogP contribution >= 0.6 is 27.7 Å². The summed E-state index contributed by atoms with van der Waals surface area (Å²) in [6.45, 7) is 0. The summed E-state index contributed by atoms with van der Waals surface area (Å²) in [4.78, 5) is 8.09. The molecule has 8 heteroatoms. The zero-order chi connectivity index (χ0) is 12.2. The number of hydrogen-bond donors (Lipinski definition) is 1. The van der Waals surface area contributed by atoms with E-state index < -0.39 is 9.84 Å². The standard InChI is InChI=1S/C8H12BrN3O2S2/c1-10-7-6(9)8(12-5-11-7)15-3-4-16(2,13)14/h5H,3-4H2,1-2H3,(H,10,11,12). The third kappa shape index (κ3) is 4.26. The molecule has 0 amide bonds. The fourth-order valence-corrected chi connectivity index (χ4v) is 3.75. The summed E-state index contributed by atoms with van der Waals surface area (Å²) in [7, 11) is -1.16. The first-order valence-electron chi connectivity index (χ1n) is 4.43. The third-order valence-corrected chi connectivity index (χ3v) is 4.90. The van der Waals surface area contributed by atoms with Crippen LogP contribution in [0.5, 0.6) is 0 Å². The van der Waals surface area contributed by atoms with Crippen LogP contribution in [0.3, 0.4) is 0 Å². The number of thioether (sulfide) groups is 1. The highest BCUT2D eigenvalue weighted by molar-refractivity contribution is 9.10. The minimum atomic E-state index is -2.92. The number of sulfone groups is 1. The van der Waals surface area contributed by atoms with Crippen LogP contribution in [0.1, 0.15) is 0 Å². The Morgan fingerprint density at radius 3 is 2.75 bits per heavy atom. The van der Waals surface area contributed by atoms with Crippen molar-refractivity contribution in [1.82, 2.24) is 9.97 Å². The Hall–Kier alpha value is -0.340. The molecule has 0 aliphatic rings. The van der Waals surface area contributed by atoms with E-state index in [4.69, 9.17) is 0 Å². The molecular weight excluding hydrogens is 314 g/mol. The van der Waals surface area contributed by atoms with Gasteiger partial charge < -0.3 is 5.32 Å². The molecule has 16 heavy (non-hydrogen) atoms. The van der Waals surface area contributed by atoms with Gasteiger partial charge in [0.2, 0.25) is 0 Å². The van der Waals surface area contributed by atoms with Gasteiger partial charge in [-0.2, -0.15) is 0 Å². The van der Waals surface area contributed by atoms with E-state index >= 15 is 0 Å². The predicted octanol–water partition coefficient (Wildman–Crippen LogP) is 1.42. The van der Waals surface area contributed by atoms with E-state index in [1.165, 1.54) is 24.3 Å². The van der Waals surface area contributed by atoms with Gasteiger partial charge in [-0.05, 0) is 15.9 Å². The van der Waals surface area contributed by atoms with Crippen molar-refractivity contribution >= 4 is 43.3 Å². The van der Waals surface area contributed by atoms with E-state index in [0.717, 1.165) is 9.50 Å². The van der Waals surface area contributed by atoms with Crippen molar-refractivity contribution in [2.45, 2.75) is 5.03 Å². The van der Waals surface area contributed by atoms with E-state index in [0.29, 0.717) is 11.6 Å². The molecule has 0 aliphatic heterocycles. The molecule has 0 unspecified atom stereocenters. The third-order valence-electron chi connectivity index (χ3n) is 1.69. The Bertz CT molecular complexity index is 464. The maximum absolute atomic E-state index is 11.0. The number of rotatable bonds is 5. The fourth-order valence-electron chi connectivity index (χ4n) is 0.918. The summed E-state index contributed by atoms with van der Waals surface area (Å²) in [6.07, 6.45) is 2.67. The average molecular weight is 326 g/mol. The lowest BCUT2D eigenvalue weighted by Gasteiger charge is -2.06. The fraction of sp³-hybridized carbons (Fsp3) is 0.500. The number of nitrogens with one attached hydrogen (secondary N) is 1. The highest BCUT2D eigenvalue weighted by Crippen LogP contribution is 2.29. The first kappa shape index (κ1) is 13.7. The Kier molecular flexibility index (Phi) is 5.00. The summed E-state index contributed by atoms with van der Waals surface area (Å²) in [5, 5.41) is 3.65. The van der Waals surface area contributed by atoms with E-state index in [1.54, 1.807) is 7.05 Å². The van der Waals surface area contributed by atoms with Crippen LogP contribution < -0.4 is 5.32 Å². The summed E-state index contributed by atoms with van der Waals surface area (Å²) in [6, 6.07) is 0. The van der Waals surface area contributed by atoms with Gasteiger partial charge in [-0.25, -0.2) is 18.4 Å². The van der Waals surface area contributed by atoms with Crippen LogP contribution in [-0.4, -0.2) is 43.2 Å². The van der Waals surface area contributed by atoms with Gasteiger partial charge in [0.15, 0.2) is 0 Å². The van der Waals surface area contributed by atoms with Crippen molar-refractivity contribution in [3.05, 3.63) is 10.8 Å². The van der Waals surface area contributed by atoms with Crippen molar-refractivity contribution in [3.63, 3.8) is 0 Å². The van der Waals surface area contributed by atoms with Gasteiger partial charge in [0.05, 0.1) is 10.2 Å². The normalized spacial score (nSPS) is 11.4. The van der Waals surface area contributed by atoms with Crippen molar-refractivity contribution < 1.29 is 8.42 Å². The molecule has 0 bridgehead atoms. The van der Waals surface area contributed by atoms with Gasteiger partial charge in [0, 0.05) is 19.1 Å². The number of aromatic nitrogens is 2. The second-order valence-corrected chi connectivity index (χ2v) is 7.21. The Morgan fingerprint density at radius 2 is 2.19 bits per heavy atom. The number of hydrogen-bond acceptors (Lipinski definition) is 6. The van der Waals surface area contributed by atoms with Gasteiger partial charge in [0.1, 0.15) is 27.0 Å². The van der Waals surface area contributed by atoms with Gasteiger partial charge in [-0.15, -0.1) is 11.8 Å². The first-order chi connectivity index (χ1) is 7.44. The molecule has 5 nitrogen and oxygen atoms in total. The molecule has 0 aliphatic carbocycles. The number of halogens is 1. The first-order valence-corrected chi connectivity index (χ1v) is 8.26. The summed E-state index contributed by atoms with van der Waals surface area (Å²) in [5.41, 5.74) is 0. The molecule has 0 aromatic carbocycles. The Labute approximate surface area is 107 Å². The molecule has 1 rings (SSSR count). The maximum atomic E-state index is 11.0. The topological polar surface area (TPSA) is 72.0 Å². The van der Waals surface area contributed by atoms with E-state index in [2.05, 4.69) is 31.2 Å². The van der Waals surface area contributed by atoms with Gasteiger partial charge in [0.25, 0.3) is 0 Å². The van der Waals surface area contributed by atoms with Crippen LogP contribution in [-0.2, 0) is 9.84 Å². The lowest BCUT2D eigenvalue weighted by Crippen LogP contribution is -2.05. The molecule has 0 saturated carbocycles. The van der Waals surface area contributed by atoms with Crippen LogP contribution in [0, 0.1) is 0 Å². The Balaban J connectivity index is 2.68. The van der Waals surface area contributed by atoms with Crippen LogP contribution in [0.4, 0.5) is 5.82 Å². The predicted molar refractivity (Wildman–Crippen MR) is 69.7 cm³/mol. The minimum Gasteiger partial charge on any atom is -0.372 e. The smallest absolute Gasteiger partial charge is 0.148 e. The molecule has 90 valence electrons. The zero-order valence-electron chi connectivity index (χ0n) is 8.90. The van der Waals surface area contributed by atoms with E-state index in [1.807, 2.05) is 0 Å². The second kappa shape index (κ2) is 5.83. The summed E-state index contributed by atoms with van der Waals surface area (Å²) < 4.78 is 22.7. The van der Waals surface area contributed by atoms with Crippen molar-refractivity contribution in [1.29, 1.82) is 0 Å². The molecule has 1 aromatic rings. The maximum Gasteiger partial charge on any atom is 0.148 e. The summed E-state index contributed by atoms with van der Waals surface area (Å²) in [5.74, 6) is 1.32. The molecule has 1 heterocycles. The molecule has 1 aromatic heterocycles. The largest absolute Gasteiger partial charge is 0.372 e. The monoisotopic (exact) mass is 325 g/mol. The second-order valence-electron chi connectivity index (χ2n) is 3.07. The highest BCUT2D eigenvalue weighted by atomic mass is 79.9. The Morgan fingerprint density at radius 1 is 1.50 bits per heavy atom. The van der Waals surface area contributed by atoms with Crippen molar-refractivity contribution in [3.8, 4) is 0 Å². The molecule has 0 atom stereocenters. The van der Waals surface area contributed by atoms with Gasteiger partial charge in [-0.1, -0.05) is 0 Å². The molecule has 0 fully saturated rings. The average Bonchev–Trinajstić information content (AvgIpc) is 2.19. The zero-order valence-corrected chi connectivity index (χ0v) is 12.1. The molecular formula is C8H12BrN3O2S2. The van der Waals surface area contributed by atoms with Crippen molar-refractivity contribution in [2.24, 2.45) is 0 Å². The van der Waals surface area contributed by atoms with Crippen molar-refractivity contribution in [2.75, 3.05) is 30.1 Å². The van der Waals surface area contributed by atoms with Crippen LogP contribution in [0.2, 0.25) is 0 Å². The lowest BCUT2D eigenvalue weighted by atomic mass is 10.6. The van der Waals surface area contributed by atoms with Crippen LogP contribution in [0.25, 0.3) is 0 Å². The summed E-state index contributed by atoms with van der Waals surface area (Å²) >= 11 is 4.75. The molecule has 0 spiro atoms. The highest BCUT2D eigenvalue weighted by Gasteiger charge is 2.09. The SMILES string of the molecule is CNc1ncnc(SCCS(C)(=O)=O)c1Br. The van der Waals surface area contributed by atoms with E-state index in [9.17, 15) is 8.42 Å². The van der Waals surface area contributed by atoms with E-state index in [-0.39, 0.29) is 5.75 Å². The molecule has 1 N–H and O–H groups in total. The number of nitrogens with zero attached hydrogens (tertiary/aromatic N) is 2. The lowest BCUT2D eigenvalue weighted by molar-refractivity contribution is 0.603. The number of anilines is 1. The van der Waals surface area contributed by atoms with Crippen LogP contribution in [0.15, 0.2) is 15.8 Å². The molecule has 0 radical (unpaired) electrons. The van der Waals surface area contributed by atoms with Gasteiger partial charge in [-0.3, -0.25) is 0 Å². The van der Waals surface area contributed by atoms with Gasteiger partial charge >= 0.3 is 0 Å². The minimum absolute atomic E-state index is 0.142. The molecule has 0 saturated heterocycles. The quantitative estimate of drug-likeness (QED) is 0.652.